The van der Waals surface area contributed by atoms with Crippen LogP contribution in [0.5, 0.6) is 17.5 Å². The Morgan fingerprint density at radius 1 is 1.17 bits per heavy atom. The first kappa shape index (κ1) is 27.5. The van der Waals surface area contributed by atoms with Crippen molar-refractivity contribution in [1.29, 1.82) is 0 Å². The van der Waals surface area contributed by atoms with Crippen LogP contribution in [0.25, 0.3) is 0 Å². The number of hydrogen-bond acceptors (Lipinski definition) is 8. The minimum absolute atomic E-state index is 0.00327. The van der Waals surface area contributed by atoms with E-state index < -0.39 is 15.7 Å². The van der Waals surface area contributed by atoms with Crippen LogP contribution in [0.4, 0.5) is 4.39 Å². The van der Waals surface area contributed by atoms with Gasteiger partial charge < -0.3 is 19.2 Å². The van der Waals surface area contributed by atoms with Crippen molar-refractivity contribution in [2.45, 2.75) is 58.0 Å². The van der Waals surface area contributed by atoms with E-state index in [1.54, 1.807) is 11.8 Å². The molecule has 1 amide bonds. The van der Waals surface area contributed by atoms with Gasteiger partial charge in [-0.05, 0) is 38.0 Å². The van der Waals surface area contributed by atoms with Crippen molar-refractivity contribution in [2.75, 3.05) is 19.3 Å². The predicted octanol–water partition coefficient (Wildman–Crippen LogP) is 3.74. The molecule has 196 valence electrons. The molecule has 0 spiro atoms. The summed E-state index contributed by atoms with van der Waals surface area (Å²) in [7, 11) is -3.55. The summed E-state index contributed by atoms with van der Waals surface area (Å²) in [5, 5.41) is 0. The smallest absolute Gasteiger partial charge is 0.229 e. The van der Waals surface area contributed by atoms with Crippen molar-refractivity contribution in [2.24, 2.45) is 11.8 Å². The Kier molecular flexibility index (Phi) is 8.65. The number of sulfone groups is 1. The third kappa shape index (κ3) is 6.77. The second kappa shape index (κ2) is 11.3. The van der Waals surface area contributed by atoms with Crippen LogP contribution >= 0.6 is 0 Å². The highest BCUT2D eigenvalue weighted by atomic mass is 32.2. The molecule has 1 aliphatic heterocycles. The quantitative estimate of drug-likeness (QED) is 0.490. The first-order valence-electron chi connectivity index (χ1n) is 11.8. The van der Waals surface area contributed by atoms with Crippen molar-refractivity contribution in [3.63, 3.8) is 0 Å². The summed E-state index contributed by atoms with van der Waals surface area (Å²) < 4.78 is 49.3. The lowest BCUT2D eigenvalue weighted by Crippen LogP contribution is -2.45. The summed E-state index contributed by atoms with van der Waals surface area (Å²) in [5.74, 6) is -0.884. The lowest BCUT2D eigenvalue weighted by Gasteiger charge is -2.35. The molecular formula is C25H32FN3O6S. The number of amides is 1. The molecule has 2 heterocycles. The third-order valence-electron chi connectivity index (χ3n) is 6.19. The van der Waals surface area contributed by atoms with Gasteiger partial charge in [-0.2, -0.15) is 0 Å². The Labute approximate surface area is 210 Å². The Bertz CT molecular complexity index is 1230. The molecule has 1 aromatic heterocycles. The number of carbonyl (C=O) groups excluding carboxylic acids is 2. The number of rotatable bonds is 9. The van der Waals surface area contributed by atoms with Gasteiger partial charge in [0, 0.05) is 44.5 Å². The summed E-state index contributed by atoms with van der Waals surface area (Å²) in [4.78, 5) is 34.4. The average Bonchev–Trinajstić information content (AvgIpc) is 2.80. The number of halogens is 1. The molecule has 1 saturated heterocycles. The van der Waals surface area contributed by atoms with Crippen LogP contribution in [0.1, 0.15) is 45.6 Å². The van der Waals surface area contributed by atoms with Gasteiger partial charge >= 0.3 is 0 Å². The van der Waals surface area contributed by atoms with Crippen molar-refractivity contribution >= 4 is 21.5 Å². The van der Waals surface area contributed by atoms with E-state index >= 15 is 0 Å². The monoisotopic (exact) mass is 521 g/mol. The molecule has 0 unspecified atom stereocenters. The lowest BCUT2D eigenvalue weighted by atomic mass is 9.89. The van der Waals surface area contributed by atoms with Gasteiger partial charge in [-0.25, -0.2) is 22.8 Å². The van der Waals surface area contributed by atoms with E-state index in [-0.39, 0.29) is 58.5 Å². The van der Waals surface area contributed by atoms with Gasteiger partial charge in [-0.1, -0.05) is 13.8 Å². The zero-order chi connectivity index (χ0) is 26.6. The number of piperidine rings is 1. The summed E-state index contributed by atoms with van der Waals surface area (Å²) >= 11 is 0. The van der Waals surface area contributed by atoms with Gasteiger partial charge in [0.25, 0.3) is 0 Å². The number of aromatic nitrogens is 2. The number of likely N-dealkylation sites (tertiary alicyclic amines) is 1. The predicted molar refractivity (Wildman–Crippen MR) is 130 cm³/mol. The van der Waals surface area contributed by atoms with Crippen LogP contribution in [-0.2, 0) is 19.4 Å². The summed E-state index contributed by atoms with van der Waals surface area (Å²) in [5.41, 5.74) is 0.462. The first-order chi connectivity index (χ1) is 16.9. The molecule has 0 saturated carbocycles. The highest BCUT2D eigenvalue weighted by Gasteiger charge is 2.31. The maximum absolute atomic E-state index is 14.4. The topological polar surface area (TPSA) is 116 Å². The Hall–Kier alpha value is -3.08. The van der Waals surface area contributed by atoms with E-state index in [4.69, 9.17) is 9.47 Å². The highest BCUT2D eigenvalue weighted by Crippen LogP contribution is 2.31. The zero-order valence-corrected chi connectivity index (χ0v) is 22.0. The van der Waals surface area contributed by atoms with E-state index in [0.717, 1.165) is 12.3 Å². The fourth-order valence-electron chi connectivity index (χ4n) is 4.04. The minimum atomic E-state index is -3.55. The zero-order valence-electron chi connectivity index (χ0n) is 21.2. The molecule has 2 aromatic rings. The van der Waals surface area contributed by atoms with E-state index in [1.807, 2.05) is 13.8 Å². The van der Waals surface area contributed by atoms with Crippen LogP contribution in [0.15, 0.2) is 29.4 Å². The second-order valence-corrected chi connectivity index (χ2v) is 11.5. The Morgan fingerprint density at radius 2 is 1.81 bits per heavy atom. The van der Waals surface area contributed by atoms with E-state index in [1.165, 1.54) is 25.4 Å². The Balaban J connectivity index is 1.65. The number of benzene rings is 1. The van der Waals surface area contributed by atoms with Crippen LogP contribution in [0.2, 0.25) is 0 Å². The number of ketones is 1. The molecule has 0 N–H and O–H groups in total. The van der Waals surface area contributed by atoms with Gasteiger partial charge in [0.15, 0.2) is 21.4 Å². The molecule has 1 aromatic carbocycles. The van der Waals surface area contributed by atoms with E-state index in [2.05, 4.69) is 9.97 Å². The number of ether oxygens (including phenoxy) is 2. The van der Waals surface area contributed by atoms with Crippen molar-refractivity contribution in [1.82, 2.24) is 14.9 Å². The Morgan fingerprint density at radius 3 is 2.36 bits per heavy atom. The number of hydrogen-bond donors (Lipinski definition) is 0. The van der Waals surface area contributed by atoms with Crippen molar-refractivity contribution < 1.29 is 31.9 Å². The maximum atomic E-state index is 14.4. The summed E-state index contributed by atoms with van der Waals surface area (Å²) in [6, 6.07) is 3.39. The van der Waals surface area contributed by atoms with Crippen LogP contribution in [-0.4, -0.2) is 60.4 Å². The number of nitrogens with zero attached hydrogens (tertiary/aromatic N) is 3. The van der Waals surface area contributed by atoms with Crippen molar-refractivity contribution in [3.8, 4) is 17.5 Å². The SMILES string of the molecule is CC(=O)C[C@H](C(=O)N1CCC(Oc2ncnc(Oc3ccc(S(C)(=O)=O)cc3F)c2C)CC1)C(C)C. The molecule has 36 heavy (non-hydrogen) atoms. The van der Waals surface area contributed by atoms with Crippen LogP contribution < -0.4 is 9.47 Å². The molecule has 9 nitrogen and oxygen atoms in total. The van der Waals surface area contributed by atoms with Crippen LogP contribution in [0, 0.1) is 24.6 Å². The molecule has 0 bridgehead atoms. The van der Waals surface area contributed by atoms with Gasteiger partial charge in [0.1, 0.15) is 18.2 Å². The lowest BCUT2D eigenvalue weighted by molar-refractivity contribution is -0.141. The average molecular weight is 522 g/mol. The number of Topliss-reactive ketones (excluding diaryl/α,β-unsaturated/α-hetero) is 1. The van der Waals surface area contributed by atoms with Gasteiger partial charge in [-0.3, -0.25) is 4.79 Å². The van der Waals surface area contributed by atoms with E-state index in [9.17, 15) is 22.4 Å². The summed E-state index contributed by atoms with van der Waals surface area (Å²) in [6.07, 6.45) is 3.49. The third-order valence-corrected chi connectivity index (χ3v) is 7.30. The normalized spacial score (nSPS) is 15.6. The summed E-state index contributed by atoms with van der Waals surface area (Å²) in [6.45, 7) is 8.10. The van der Waals surface area contributed by atoms with Gasteiger partial charge in [0.05, 0.1) is 10.5 Å². The van der Waals surface area contributed by atoms with Gasteiger partial charge in [0.2, 0.25) is 17.7 Å². The molecule has 1 fully saturated rings. The molecule has 1 aliphatic rings. The largest absolute Gasteiger partial charge is 0.474 e. The molecule has 0 aliphatic carbocycles. The van der Waals surface area contributed by atoms with Gasteiger partial charge in [-0.15, -0.1) is 0 Å². The fourth-order valence-corrected chi connectivity index (χ4v) is 4.68. The maximum Gasteiger partial charge on any atom is 0.229 e. The molecule has 1 atom stereocenters. The van der Waals surface area contributed by atoms with E-state index in [0.29, 0.717) is 31.5 Å². The standard InChI is InChI=1S/C25H32FN3O6S/c1-15(2)20(12-16(3)30)25(31)29-10-8-18(9-11-29)34-23-17(4)24(28-14-27-23)35-22-7-6-19(13-21(22)26)36(5,32)33/h6-7,13-15,18,20H,8-12H2,1-5H3/t20-/m0/s1. The molecule has 11 heteroatoms. The second-order valence-electron chi connectivity index (χ2n) is 9.47. The molecule has 3 rings (SSSR count). The molecule has 0 radical (unpaired) electrons. The van der Waals surface area contributed by atoms with Crippen LogP contribution in [0.3, 0.4) is 0 Å². The van der Waals surface area contributed by atoms with Crippen molar-refractivity contribution in [3.05, 3.63) is 35.9 Å². The highest BCUT2D eigenvalue weighted by molar-refractivity contribution is 7.90. The fraction of sp³-hybridized carbons (Fsp3) is 0.520. The first-order valence-corrected chi connectivity index (χ1v) is 13.7. The number of carbonyl (C=O) groups is 2. The molecular weight excluding hydrogens is 489 g/mol. The minimum Gasteiger partial charge on any atom is -0.474 e.